The molecule has 7 heteroatoms. The van der Waals surface area contributed by atoms with Crippen molar-refractivity contribution >= 4 is 17.6 Å². The third kappa shape index (κ3) is 5.63. The van der Waals surface area contributed by atoms with E-state index in [0.717, 1.165) is 12.8 Å². The van der Waals surface area contributed by atoms with Crippen molar-refractivity contribution in [3.63, 3.8) is 0 Å². The lowest BCUT2D eigenvalue weighted by Gasteiger charge is -2.17. The number of carboxylic acids is 1. The number of alkyl halides is 3. The van der Waals surface area contributed by atoms with E-state index in [0.29, 0.717) is 34.1 Å². The Bertz CT molecular complexity index is 814. The highest BCUT2D eigenvalue weighted by Gasteiger charge is 2.32. The number of ether oxygens (including phenoxy) is 1. The van der Waals surface area contributed by atoms with Gasteiger partial charge in [-0.05, 0) is 53.3 Å². The van der Waals surface area contributed by atoms with Crippen molar-refractivity contribution in [3.05, 3.63) is 53.1 Å². The second kappa shape index (κ2) is 7.80. The fraction of sp³-hybridized carbons (Fsp3) is 0.350. The molecule has 3 nitrogen and oxygen atoms in total. The lowest BCUT2D eigenvalue weighted by atomic mass is 9.90. The third-order valence-corrected chi connectivity index (χ3v) is 4.73. The van der Waals surface area contributed by atoms with Gasteiger partial charge in [0.1, 0.15) is 5.75 Å². The van der Waals surface area contributed by atoms with Crippen LogP contribution in [0.4, 0.5) is 13.2 Å². The van der Waals surface area contributed by atoms with Crippen LogP contribution in [0.5, 0.6) is 5.75 Å². The standard InChI is InChI=1S/C20H18ClF3O3/c21-16-5-3-13(4-6-16)14-8-15(18(19(25)26)7-12-1-2-12)10-17(9-14)27-11-20(22,23)24/h3-6,8-10,12,18H,1-2,7,11H2,(H,25,26). The van der Waals surface area contributed by atoms with Gasteiger partial charge in [0.15, 0.2) is 6.61 Å². The molecule has 2 aromatic rings. The van der Waals surface area contributed by atoms with Gasteiger partial charge in [-0.25, -0.2) is 0 Å². The molecule has 0 spiro atoms. The van der Waals surface area contributed by atoms with Crippen LogP contribution >= 0.6 is 11.6 Å². The molecule has 2 aromatic carbocycles. The van der Waals surface area contributed by atoms with Crippen LogP contribution in [0.25, 0.3) is 11.1 Å². The summed E-state index contributed by atoms with van der Waals surface area (Å²) in [4.78, 5) is 11.7. The van der Waals surface area contributed by atoms with E-state index in [1.165, 1.54) is 12.1 Å². The summed E-state index contributed by atoms with van der Waals surface area (Å²) in [5.74, 6) is -1.42. The fourth-order valence-corrected chi connectivity index (χ4v) is 3.07. The third-order valence-electron chi connectivity index (χ3n) is 4.48. The first-order chi connectivity index (χ1) is 12.7. The summed E-state index contributed by atoms with van der Waals surface area (Å²) >= 11 is 5.89. The molecule has 0 bridgehead atoms. The molecule has 0 aliphatic heterocycles. The predicted octanol–water partition coefficient (Wildman–Crippen LogP) is 5.92. The molecule has 1 aliphatic rings. The van der Waals surface area contributed by atoms with E-state index in [-0.39, 0.29) is 5.75 Å². The van der Waals surface area contributed by atoms with Crippen molar-refractivity contribution in [2.45, 2.75) is 31.4 Å². The maximum absolute atomic E-state index is 12.5. The van der Waals surface area contributed by atoms with Crippen LogP contribution < -0.4 is 4.74 Å². The molecule has 1 fully saturated rings. The monoisotopic (exact) mass is 398 g/mol. The summed E-state index contributed by atoms with van der Waals surface area (Å²) in [6.07, 6.45) is -2.04. The van der Waals surface area contributed by atoms with Gasteiger partial charge in [-0.2, -0.15) is 13.2 Å². The smallest absolute Gasteiger partial charge is 0.422 e. The number of hydrogen-bond donors (Lipinski definition) is 1. The van der Waals surface area contributed by atoms with Crippen LogP contribution in [0.1, 0.15) is 30.7 Å². The highest BCUT2D eigenvalue weighted by Crippen LogP contribution is 2.40. The zero-order chi connectivity index (χ0) is 19.6. The van der Waals surface area contributed by atoms with E-state index in [1.54, 1.807) is 30.3 Å². The Balaban J connectivity index is 1.98. The molecule has 1 atom stereocenters. The lowest BCUT2D eigenvalue weighted by Crippen LogP contribution is -2.19. The number of hydrogen-bond acceptors (Lipinski definition) is 2. The Morgan fingerprint density at radius 1 is 1.15 bits per heavy atom. The van der Waals surface area contributed by atoms with Crippen LogP contribution in [0.15, 0.2) is 42.5 Å². The fourth-order valence-electron chi connectivity index (χ4n) is 2.95. The van der Waals surface area contributed by atoms with Gasteiger partial charge in [0.2, 0.25) is 0 Å². The van der Waals surface area contributed by atoms with Crippen molar-refractivity contribution in [1.29, 1.82) is 0 Å². The predicted molar refractivity (Wildman–Crippen MR) is 96.2 cm³/mol. The maximum Gasteiger partial charge on any atom is 0.422 e. The molecule has 0 amide bonds. The zero-order valence-corrected chi connectivity index (χ0v) is 15.1. The van der Waals surface area contributed by atoms with Crippen molar-refractivity contribution in [1.82, 2.24) is 0 Å². The Kier molecular flexibility index (Phi) is 5.65. The Morgan fingerprint density at radius 2 is 1.81 bits per heavy atom. The SMILES string of the molecule is O=C(O)C(CC1CC1)c1cc(OCC(F)(F)F)cc(-c2ccc(Cl)cc2)c1. The van der Waals surface area contributed by atoms with E-state index in [4.69, 9.17) is 16.3 Å². The number of aliphatic carboxylic acids is 1. The molecule has 1 N–H and O–H groups in total. The summed E-state index contributed by atoms with van der Waals surface area (Å²) in [5.41, 5.74) is 1.75. The van der Waals surface area contributed by atoms with Crippen molar-refractivity contribution < 1.29 is 27.8 Å². The average molecular weight is 399 g/mol. The highest BCUT2D eigenvalue weighted by atomic mass is 35.5. The molecule has 144 valence electrons. The number of carbonyl (C=O) groups is 1. The van der Waals surface area contributed by atoms with Gasteiger partial charge in [-0.15, -0.1) is 0 Å². The summed E-state index contributed by atoms with van der Waals surface area (Å²) in [5, 5.41) is 10.1. The highest BCUT2D eigenvalue weighted by molar-refractivity contribution is 6.30. The minimum absolute atomic E-state index is 0.00294. The second-order valence-electron chi connectivity index (χ2n) is 6.77. The van der Waals surface area contributed by atoms with Crippen LogP contribution in [0.3, 0.4) is 0 Å². The van der Waals surface area contributed by atoms with Crippen LogP contribution in [0.2, 0.25) is 5.02 Å². The molecular formula is C20H18ClF3O3. The maximum atomic E-state index is 12.5. The zero-order valence-electron chi connectivity index (χ0n) is 14.3. The molecule has 0 saturated heterocycles. The minimum atomic E-state index is -4.48. The Hall–Kier alpha value is -2.21. The van der Waals surface area contributed by atoms with E-state index in [9.17, 15) is 23.1 Å². The first-order valence-corrected chi connectivity index (χ1v) is 8.92. The molecule has 27 heavy (non-hydrogen) atoms. The molecule has 3 rings (SSSR count). The Morgan fingerprint density at radius 3 is 2.37 bits per heavy atom. The number of halogens is 4. The molecular weight excluding hydrogens is 381 g/mol. The molecule has 1 aliphatic carbocycles. The molecule has 0 aromatic heterocycles. The quantitative estimate of drug-likeness (QED) is 0.630. The Labute approximate surface area is 159 Å². The van der Waals surface area contributed by atoms with E-state index >= 15 is 0 Å². The van der Waals surface area contributed by atoms with E-state index in [2.05, 4.69) is 0 Å². The van der Waals surface area contributed by atoms with Crippen LogP contribution in [0, 0.1) is 5.92 Å². The second-order valence-corrected chi connectivity index (χ2v) is 7.21. The van der Waals surface area contributed by atoms with E-state index in [1.807, 2.05) is 0 Å². The van der Waals surface area contributed by atoms with Crippen molar-refractivity contribution in [2.24, 2.45) is 5.92 Å². The summed E-state index contributed by atoms with van der Waals surface area (Å²) in [7, 11) is 0. The van der Waals surface area contributed by atoms with Crippen LogP contribution in [-0.4, -0.2) is 23.9 Å². The van der Waals surface area contributed by atoms with Gasteiger partial charge >= 0.3 is 12.1 Å². The summed E-state index contributed by atoms with van der Waals surface area (Å²) in [6.45, 7) is -1.43. The topological polar surface area (TPSA) is 46.5 Å². The van der Waals surface area contributed by atoms with E-state index < -0.39 is 24.7 Å². The van der Waals surface area contributed by atoms with Crippen molar-refractivity contribution in [2.75, 3.05) is 6.61 Å². The first kappa shape index (κ1) is 19.5. The lowest BCUT2D eigenvalue weighted by molar-refractivity contribution is -0.153. The van der Waals surface area contributed by atoms with Gasteiger partial charge in [0, 0.05) is 5.02 Å². The summed E-state index contributed by atoms with van der Waals surface area (Å²) < 4.78 is 42.5. The number of benzene rings is 2. The number of carboxylic acid groups (broad SMARTS) is 1. The van der Waals surface area contributed by atoms with Gasteiger partial charge in [-0.1, -0.05) is 42.6 Å². The molecule has 1 unspecified atom stereocenters. The van der Waals surface area contributed by atoms with Crippen LogP contribution in [-0.2, 0) is 4.79 Å². The molecule has 0 heterocycles. The summed E-state index contributed by atoms with van der Waals surface area (Å²) in [6, 6.07) is 11.4. The first-order valence-electron chi connectivity index (χ1n) is 8.54. The normalized spacial score (nSPS) is 15.4. The van der Waals surface area contributed by atoms with Crippen molar-refractivity contribution in [3.8, 4) is 16.9 Å². The minimum Gasteiger partial charge on any atom is -0.484 e. The average Bonchev–Trinajstić information content (AvgIpc) is 3.41. The number of rotatable bonds is 7. The van der Waals surface area contributed by atoms with Gasteiger partial charge in [0.05, 0.1) is 5.92 Å². The largest absolute Gasteiger partial charge is 0.484 e. The van der Waals surface area contributed by atoms with Gasteiger partial charge in [0.25, 0.3) is 0 Å². The van der Waals surface area contributed by atoms with Gasteiger partial charge < -0.3 is 9.84 Å². The molecule has 0 radical (unpaired) electrons. The van der Waals surface area contributed by atoms with Gasteiger partial charge in [-0.3, -0.25) is 4.79 Å². The molecule has 1 saturated carbocycles.